The van der Waals surface area contributed by atoms with Gasteiger partial charge >= 0.3 is 0 Å². The molecule has 0 aromatic heterocycles. The van der Waals surface area contributed by atoms with Crippen LogP contribution in [0.2, 0.25) is 0 Å². The second-order valence-corrected chi connectivity index (χ2v) is 6.55. The molecule has 2 heterocycles. The average Bonchev–Trinajstić information content (AvgIpc) is 3.10. The molecule has 0 spiro atoms. The molecular weight excluding hydrogens is 311 g/mol. The molecule has 0 saturated carbocycles. The van der Waals surface area contributed by atoms with Gasteiger partial charge in [-0.3, -0.25) is 9.59 Å². The maximum Gasteiger partial charge on any atom is 0.251 e. The fourth-order valence-corrected chi connectivity index (χ4v) is 3.51. The molecule has 1 aromatic carbocycles. The molecule has 3 atom stereocenters. The Labute approximate surface area is 141 Å². The number of nitrogens with zero attached hydrogens (tertiary/aromatic N) is 1. The van der Waals surface area contributed by atoms with E-state index in [2.05, 4.69) is 0 Å². The fraction of sp³-hybridized carbons (Fsp3) is 0.556. The standard InChI is InChI=1S/C18H23FN2O3/c19-14-5-3-12(4-6-14)17(22)13-2-1-9-21(11-13)18(23)16-8-7-15(10-20)24-16/h3-6,13,15-16H,1-2,7-11,20H2/t13?,15-,16+/m1/s1. The number of piperidine rings is 1. The van der Waals surface area contributed by atoms with Crippen LogP contribution in [0.3, 0.4) is 0 Å². The Hall–Kier alpha value is -1.79. The zero-order valence-corrected chi connectivity index (χ0v) is 13.6. The third-order valence-electron chi connectivity index (χ3n) is 4.88. The lowest BCUT2D eigenvalue weighted by Gasteiger charge is -2.33. The number of carbonyl (C=O) groups is 2. The van der Waals surface area contributed by atoms with E-state index in [0.717, 1.165) is 19.3 Å². The molecular formula is C18H23FN2O3. The van der Waals surface area contributed by atoms with Crippen molar-refractivity contribution in [2.75, 3.05) is 19.6 Å². The lowest BCUT2D eigenvalue weighted by Crippen LogP contribution is -2.46. The number of ketones is 1. The molecule has 2 saturated heterocycles. The van der Waals surface area contributed by atoms with Crippen molar-refractivity contribution in [2.45, 2.75) is 37.9 Å². The summed E-state index contributed by atoms with van der Waals surface area (Å²) in [6.07, 6.45) is 2.55. The number of halogens is 1. The number of nitrogens with two attached hydrogens (primary N) is 1. The van der Waals surface area contributed by atoms with Crippen molar-refractivity contribution in [3.05, 3.63) is 35.6 Å². The minimum Gasteiger partial charge on any atom is -0.364 e. The van der Waals surface area contributed by atoms with Gasteiger partial charge in [-0.05, 0) is 49.9 Å². The van der Waals surface area contributed by atoms with Gasteiger partial charge in [-0.1, -0.05) is 0 Å². The Morgan fingerprint density at radius 2 is 1.96 bits per heavy atom. The topological polar surface area (TPSA) is 72.6 Å². The molecule has 24 heavy (non-hydrogen) atoms. The second-order valence-electron chi connectivity index (χ2n) is 6.55. The van der Waals surface area contributed by atoms with Crippen molar-refractivity contribution in [1.29, 1.82) is 0 Å². The van der Waals surface area contributed by atoms with Crippen molar-refractivity contribution in [3.8, 4) is 0 Å². The predicted octanol–water partition coefficient (Wildman–Crippen LogP) is 1.75. The summed E-state index contributed by atoms with van der Waals surface area (Å²) in [6.45, 7) is 1.48. The van der Waals surface area contributed by atoms with E-state index in [-0.39, 0.29) is 29.5 Å². The zero-order valence-electron chi connectivity index (χ0n) is 13.6. The summed E-state index contributed by atoms with van der Waals surface area (Å²) in [5.74, 6) is -0.665. The van der Waals surface area contributed by atoms with E-state index in [4.69, 9.17) is 10.5 Å². The molecule has 2 aliphatic rings. The maximum atomic E-state index is 13.0. The van der Waals surface area contributed by atoms with Gasteiger partial charge in [0.15, 0.2) is 5.78 Å². The van der Waals surface area contributed by atoms with Crippen LogP contribution in [0.4, 0.5) is 4.39 Å². The highest BCUT2D eigenvalue weighted by atomic mass is 19.1. The summed E-state index contributed by atoms with van der Waals surface area (Å²) in [6, 6.07) is 5.59. The van der Waals surface area contributed by atoms with Gasteiger partial charge in [-0.25, -0.2) is 4.39 Å². The van der Waals surface area contributed by atoms with Crippen molar-refractivity contribution in [2.24, 2.45) is 11.7 Å². The Balaban J connectivity index is 1.62. The van der Waals surface area contributed by atoms with Gasteiger partial charge in [-0.15, -0.1) is 0 Å². The van der Waals surface area contributed by atoms with E-state index in [9.17, 15) is 14.0 Å². The van der Waals surface area contributed by atoms with Crippen molar-refractivity contribution >= 4 is 11.7 Å². The molecule has 1 aromatic rings. The van der Waals surface area contributed by atoms with Crippen LogP contribution in [-0.2, 0) is 9.53 Å². The molecule has 5 nitrogen and oxygen atoms in total. The normalized spacial score (nSPS) is 27.2. The van der Waals surface area contributed by atoms with E-state index in [0.29, 0.717) is 31.6 Å². The molecule has 3 rings (SSSR count). The third-order valence-corrected chi connectivity index (χ3v) is 4.88. The number of rotatable bonds is 4. The number of likely N-dealkylation sites (tertiary alicyclic amines) is 1. The number of Topliss-reactive ketones (excluding diaryl/α,β-unsaturated/α-hetero) is 1. The van der Waals surface area contributed by atoms with Crippen LogP contribution in [0.15, 0.2) is 24.3 Å². The fourth-order valence-electron chi connectivity index (χ4n) is 3.51. The number of amides is 1. The quantitative estimate of drug-likeness (QED) is 0.852. The van der Waals surface area contributed by atoms with Crippen LogP contribution in [0.5, 0.6) is 0 Å². The van der Waals surface area contributed by atoms with E-state index in [1.807, 2.05) is 0 Å². The highest BCUT2D eigenvalue weighted by Gasteiger charge is 2.36. The maximum absolute atomic E-state index is 13.0. The van der Waals surface area contributed by atoms with E-state index in [1.165, 1.54) is 24.3 Å². The third kappa shape index (κ3) is 3.65. The lowest BCUT2D eigenvalue weighted by atomic mass is 9.89. The summed E-state index contributed by atoms with van der Waals surface area (Å²) >= 11 is 0. The number of carbonyl (C=O) groups excluding carboxylic acids is 2. The van der Waals surface area contributed by atoms with Crippen LogP contribution >= 0.6 is 0 Å². The van der Waals surface area contributed by atoms with E-state index < -0.39 is 6.10 Å². The highest BCUT2D eigenvalue weighted by molar-refractivity contribution is 5.98. The molecule has 2 N–H and O–H groups in total. The molecule has 0 bridgehead atoms. The first-order chi connectivity index (χ1) is 11.6. The van der Waals surface area contributed by atoms with Crippen molar-refractivity contribution < 1.29 is 18.7 Å². The van der Waals surface area contributed by atoms with Gasteiger partial charge in [0.05, 0.1) is 6.10 Å². The van der Waals surface area contributed by atoms with Crippen molar-refractivity contribution in [1.82, 2.24) is 4.90 Å². The Morgan fingerprint density at radius 3 is 2.62 bits per heavy atom. The first-order valence-electron chi connectivity index (χ1n) is 8.52. The zero-order chi connectivity index (χ0) is 17.1. The molecule has 1 unspecified atom stereocenters. The molecule has 1 amide bonds. The van der Waals surface area contributed by atoms with Crippen LogP contribution in [-0.4, -0.2) is 48.4 Å². The Kier molecular flexibility index (Phi) is 5.26. The second kappa shape index (κ2) is 7.40. The first kappa shape index (κ1) is 17.0. The number of benzene rings is 1. The molecule has 0 radical (unpaired) electrons. The van der Waals surface area contributed by atoms with Gasteiger partial charge in [0.2, 0.25) is 0 Å². The van der Waals surface area contributed by atoms with Gasteiger partial charge in [-0.2, -0.15) is 0 Å². The molecule has 2 aliphatic heterocycles. The molecule has 2 fully saturated rings. The van der Waals surface area contributed by atoms with Crippen LogP contribution in [0.1, 0.15) is 36.0 Å². The number of hydrogen-bond donors (Lipinski definition) is 1. The largest absolute Gasteiger partial charge is 0.364 e. The molecule has 130 valence electrons. The average molecular weight is 334 g/mol. The summed E-state index contributed by atoms with van der Waals surface area (Å²) in [5, 5.41) is 0. The summed E-state index contributed by atoms with van der Waals surface area (Å²) in [5.41, 5.74) is 6.09. The van der Waals surface area contributed by atoms with Crippen LogP contribution in [0, 0.1) is 11.7 Å². The molecule has 6 heteroatoms. The van der Waals surface area contributed by atoms with E-state index >= 15 is 0 Å². The minimum absolute atomic E-state index is 0.0281. The Bertz CT molecular complexity index is 605. The lowest BCUT2D eigenvalue weighted by molar-refractivity contribution is -0.144. The van der Waals surface area contributed by atoms with Gasteiger partial charge in [0, 0.05) is 31.1 Å². The van der Waals surface area contributed by atoms with Crippen LogP contribution in [0.25, 0.3) is 0 Å². The highest BCUT2D eigenvalue weighted by Crippen LogP contribution is 2.25. The monoisotopic (exact) mass is 334 g/mol. The van der Waals surface area contributed by atoms with Gasteiger partial charge < -0.3 is 15.4 Å². The minimum atomic E-state index is -0.432. The van der Waals surface area contributed by atoms with Crippen LogP contribution < -0.4 is 5.73 Å². The summed E-state index contributed by atoms with van der Waals surface area (Å²) in [7, 11) is 0. The summed E-state index contributed by atoms with van der Waals surface area (Å²) in [4.78, 5) is 26.9. The van der Waals surface area contributed by atoms with Crippen molar-refractivity contribution in [3.63, 3.8) is 0 Å². The Morgan fingerprint density at radius 1 is 1.21 bits per heavy atom. The first-order valence-corrected chi connectivity index (χ1v) is 8.52. The smallest absolute Gasteiger partial charge is 0.251 e. The molecule has 0 aliphatic carbocycles. The predicted molar refractivity (Wildman–Crippen MR) is 87.0 cm³/mol. The van der Waals surface area contributed by atoms with E-state index in [1.54, 1.807) is 4.90 Å². The van der Waals surface area contributed by atoms with Gasteiger partial charge in [0.1, 0.15) is 11.9 Å². The summed E-state index contributed by atoms with van der Waals surface area (Å²) < 4.78 is 18.7. The van der Waals surface area contributed by atoms with Gasteiger partial charge in [0.25, 0.3) is 5.91 Å². The number of ether oxygens (including phenoxy) is 1. The SMILES string of the molecule is NC[C@H]1CC[C@@H](C(=O)N2CCCC(C(=O)c3ccc(F)cc3)C2)O1. The number of hydrogen-bond acceptors (Lipinski definition) is 4.